The van der Waals surface area contributed by atoms with Gasteiger partial charge < -0.3 is 5.32 Å². The van der Waals surface area contributed by atoms with Crippen molar-refractivity contribution < 1.29 is 4.79 Å². The van der Waals surface area contributed by atoms with E-state index >= 15 is 0 Å². The zero-order valence-electron chi connectivity index (χ0n) is 14.0. The number of rotatable bonds is 4. The number of aromatic nitrogens is 2. The molecule has 4 bridgehead atoms. The van der Waals surface area contributed by atoms with Gasteiger partial charge in [-0.2, -0.15) is 5.10 Å². The molecule has 0 radical (unpaired) electrons. The molecule has 0 aromatic carbocycles. The summed E-state index contributed by atoms with van der Waals surface area (Å²) < 4.78 is 2.68. The minimum absolute atomic E-state index is 0.0863. The van der Waals surface area contributed by atoms with Crippen molar-refractivity contribution >= 4 is 21.8 Å². The van der Waals surface area contributed by atoms with Crippen LogP contribution < -0.4 is 5.32 Å². The van der Waals surface area contributed by atoms with E-state index in [2.05, 4.69) is 33.3 Å². The summed E-state index contributed by atoms with van der Waals surface area (Å²) in [4.78, 5) is 12.4. The number of hydrogen-bond donors (Lipinski definition) is 1. The molecule has 1 heterocycles. The first kappa shape index (κ1) is 15.7. The molecular weight excluding hydrogens is 354 g/mol. The van der Waals surface area contributed by atoms with Crippen LogP contribution in [0.2, 0.25) is 0 Å². The summed E-state index contributed by atoms with van der Waals surface area (Å²) in [6, 6.07) is 0.281. The van der Waals surface area contributed by atoms with E-state index in [0.29, 0.717) is 12.0 Å². The SMILES string of the molecule is Cc1nn(CC(=O)N[C@H](C)C23CC4CC(CC(C4)C2)C3)cc1Br. The first-order chi connectivity index (χ1) is 10.9. The number of hydrogen-bond acceptors (Lipinski definition) is 2. The van der Waals surface area contributed by atoms with Gasteiger partial charge in [0.1, 0.15) is 6.54 Å². The molecule has 4 saturated carbocycles. The van der Waals surface area contributed by atoms with Gasteiger partial charge in [-0.25, -0.2) is 0 Å². The minimum Gasteiger partial charge on any atom is -0.351 e. The third-order valence-electron chi connectivity index (χ3n) is 6.57. The quantitative estimate of drug-likeness (QED) is 0.866. The molecule has 4 aliphatic carbocycles. The molecule has 0 spiro atoms. The lowest BCUT2D eigenvalue weighted by Crippen LogP contribution is -2.56. The Bertz CT molecular complexity index is 569. The first-order valence-electron chi connectivity index (χ1n) is 8.92. The first-order valence-corrected chi connectivity index (χ1v) is 9.72. The maximum atomic E-state index is 12.4. The maximum absolute atomic E-state index is 12.4. The van der Waals surface area contributed by atoms with Crippen LogP contribution in [0.15, 0.2) is 10.7 Å². The largest absolute Gasteiger partial charge is 0.351 e. The molecule has 1 atom stereocenters. The minimum atomic E-state index is 0.0863. The number of nitrogens with zero attached hydrogens (tertiary/aromatic N) is 2. The van der Waals surface area contributed by atoms with E-state index in [-0.39, 0.29) is 11.9 Å². The van der Waals surface area contributed by atoms with Crippen molar-refractivity contribution in [2.75, 3.05) is 0 Å². The van der Waals surface area contributed by atoms with Gasteiger partial charge in [0.05, 0.1) is 10.2 Å². The Morgan fingerprint density at radius 1 is 1.35 bits per heavy atom. The van der Waals surface area contributed by atoms with Crippen LogP contribution in [0.5, 0.6) is 0 Å². The summed E-state index contributed by atoms with van der Waals surface area (Å²) >= 11 is 3.45. The van der Waals surface area contributed by atoms with Crippen LogP contribution >= 0.6 is 15.9 Å². The summed E-state index contributed by atoms with van der Waals surface area (Å²) in [6.07, 6.45) is 10.2. The second kappa shape index (κ2) is 5.61. The summed E-state index contributed by atoms with van der Waals surface area (Å²) in [6.45, 7) is 4.48. The van der Waals surface area contributed by atoms with Crippen LogP contribution in [0.1, 0.15) is 51.1 Å². The van der Waals surface area contributed by atoms with Crippen molar-refractivity contribution in [3.8, 4) is 0 Å². The molecule has 5 rings (SSSR count). The Balaban J connectivity index is 1.41. The number of aryl methyl sites for hydroxylation is 1. The molecule has 5 heteroatoms. The molecule has 4 fully saturated rings. The van der Waals surface area contributed by atoms with E-state index in [9.17, 15) is 4.79 Å². The predicted molar refractivity (Wildman–Crippen MR) is 92.9 cm³/mol. The van der Waals surface area contributed by atoms with Gasteiger partial charge in [-0.05, 0) is 91.5 Å². The second-order valence-corrected chi connectivity index (χ2v) is 9.18. The molecule has 4 aliphatic rings. The number of carbonyl (C=O) groups excluding carboxylic acids is 1. The van der Waals surface area contributed by atoms with Crippen LogP contribution in [0.4, 0.5) is 0 Å². The topological polar surface area (TPSA) is 46.9 Å². The van der Waals surface area contributed by atoms with Crippen molar-refractivity contribution in [2.45, 2.75) is 65.0 Å². The predicted octanol–water partition coefficient (Wildman–Crippen LogP) is 3.68. The normalized spacial score (nSPS) is 36.2. The van der Waals surface area contributed by atoms with Crippen molar-refractivity contribution in [1.29, 1.82) is 0 Å². The third-order valence-corrected chi connectivity index (χ3v) is 7.35. The Hall–Kier alpha value is -0.840. The monoisotopic (exact) mass is 379 g/mol. The van der Waals surface area contributed by atoms with Gasteiger partial charge in [0, 0.05) is 12.2 Å². The molecule has 1 aromatic heterocycles. The summed E-state index contributed by atoms with van der Waals surface area (Å²) in [5.41, 5.74) is 1.29. The molecule has 1 amide bonds. The Labute approximate surface area is 146 Å². The van der Waals surface area contributed by atoms with Crippen LogP contribution in [0, 0.1) is 30.1 Å². The number of nitrogens with one attached hydrogen (secondary N) is 1. The highest BCUT2D eigenvalue weighted by atomic mass is 79.9. The Kier molecular flexibility index (Phi) is 3.82. The number of carbonyl (C=O) groups is 1. The molecular formula is C18H26BrN3O. The van der Waals surface area contributed by atoms with Gasteiger partial charge in [0.25, 0.3) is 0 Å². The van der Waals surface area contributed by atoms with Crippen LogP contribution in [0.3, 0.4) is 0 Å². The summed E-state index contributed by atoms with van der Waals surface area (Å²) in [5.74, 6) is 2.85. The Morgan fingerprint density at radius 3 is 2.39 bits per heavy atom. The van der Waals surface area contributed by atoms with E-state index in [1.807, 2.05) is 13.1 Å². The van der Waals surface area contributed by atoms with Crippen molar-refractivity contribution in [3.05, 3.63) is 16.4 Å². The van der Waals surface area contributed by atoms with E-state index in [1.165, 1.54) is 38.5 Å². The molecule has 23 heavy (non-hydrogen) atoms. The zero-order chi connectivity index (χ0) is 16.2. The van der Waals surface area contributed by atoms with E-state index in [1.54, 1.807) is 4.68 Å². The molecule has 1 aromatic rings. The van der Waals surface area contributed by atoms with Crippen molar-refractivity contribution in [1.82, 2.24) is 15.1 Å². The van der Waals surface area contributed by atoms with Gasteiger partial charge >= 0.3 is 0 Å². The Morgan fingerprint density at radius 2 is 1.91 bits per heavy atom. The average molecular weight is 380 g/mol. The number of halogens is 1. The summed E-state index contributed by atoms with van der Waals surface area (Å²) in [7, 11) is 0. The molecule has 0 aliphatic heterocycles. The summed E-state index contributed by atoms with van der Waals surface area (Å²) in [5, 5.41) is 7.66. The second-order valence-electron chi connectivity index (χ2n) is 8.33. The van der Waals surface area contributed by atoms with Crippen molar-refractivity contribution in [3.63, 3.8) is 0 Å². The van der Waals surface area contributed by atoms with Gasteiger partial charge in [-0.3, -0.25) is 9.48 Å². The number of amides is 1. The lowest BCUT2D eigenvalue weighted by atomic mass is 9.48. The highest BCUT2D eigenvalue weighted by Crippen LogP contribution is 2.61. The maximum Gasteiger partial charge on any atom is 0.241 e. The van der Waals surface area contributed by atoms with Crippen molar-refractivity contribution in [2.24, 2.45) is 23.2 Å². The molecule has 0 unspecified atom stereocenters. The van der Waals surface area contributed by atoms with E-state index < -0.39 is 0 Å². The smallest absolute Gasteiger partial charge is 0.241 e. The fourth-order valence-electron chi connectivity index (χ4n) is 5.87. The van der Waals surface area contributed by atoms with Crippen LogP contribution in [0.25, 0.3) is 0 Å². The molecule has 126 valence electrons. The van der Waals surface area contributed by atoms with E-state index in [0.717, 1.165) is 27.9 Å². The fourth-order valence-corrected chi connectivity index (χ4v) is 6.19. The van der Waals surface area contributed by atoms with Gasteiger partial charge in [-0.1, -0.05) is 0 Å². The van der Waals surface area contributed by atoms with Crippen LogP contribution in [-0.4, -0.2) is 21.7 Å². The van der Waals surface area contributed by atoms with Gasteiger partial charge in [0.15, 0.2) is 0 Å². The van der Waals surface area contributed by atoms with E-state index in [4.69, 9.17) is 0 Å². The molecule has 0 saturated heterocycles. The van der Waals surface area contributed by atoms with Crippen LogP contribution in [-0.2, 0) is 11.3 Å². The van der Waals surface area contributed by atoms with Gasteiger partial charge in [-0.15, -0.1) is 0 Å². The third kappa shape index (κ3) is 2.86. The molecule has 4 nitrogen and oxygen atoms in total. The average Bonchev–Trinajstić information content (AvgIpc) is 2.75. The standard InChI is InChI=1S/C18H26BrN3O/c1-11-16(19)9-22(21-11)10-17(23)20-12(2)18-6-13-3-14(7-18)5-15(4-13)8-18/h9,12-15H,3-8,10H2,1-2H3,(H,20,23)/t12-,13?,14?,15?,18?/m1/s1. The highest BCUT2D eigenvalue weighted by Gasteiger charge is 2.53. The lowest BCUT2D eigenvalue weighted by Gasteiger charge is -2.59. The van der Waals surface area contributed by atoms with Gasteiger partial charge in [0.2, 0.25) is 5.91 Å². The molecule has 1 N–H and O–H groups in total. The fraction of sp³-hybridized carbons (Fsp3) is 0.778. The zero-order valence-corrected chi connectivity index (χ0v) is 15.6. The highest BCUT2D eigenvalue weighted by molar-refractivity contribution is 9.10. The lowest BCUT2D eigenvalue weighted by molar-refractivity contribution is -0.126.